The molecule has 0 atom stereocenters. The van der Waals surface area contributed by atoms with Crippen LogP contribution in [-0.4, -0.2) is 32.1 Å². The highest BCUT2D eigenvalue weighted by atomic mass is 16.5. The first kappa shape index (κ1) is 21.6. The van der Waals surface area contributed by atoms with Crippen LogP contribution in [0.3, 0.4) is 0 Å². The van der Waals surface area contributed by atoms with Crippen molar-refractivity contribution >= 4 is 22.5 Å². The number of ether oxygens (including phenoxy) is 1. The van der Waals surface area contributed by atoms with Crippen LogP contribution in [0.15, 0.2) is 60.7 Å². The fraction of sp³-hybridized carbons (Fsp3) is 0.185. The molecular weight excluding hydrogens is 424 g/mol. The Balaban J connectivity index is 1.47. The van der Waals surface area contributed by atoms with Gasteiger partial charge in [0.1, 0.15) is 11.6 Å². The third-order valence-electron chi connectivity index (χ3n) is 5.80. The molecule has 7 nitrogen and oxygen atoms in total. The molecule has 5 rings (SSSR count). The average Bonchev–Trinajstić information content (AvgIpc) is 3.20. The maximum atomic E-state index is 5.22. The summed E-state index contributed by atoms with van der Waals surface area (Å²) < 4.78 is 7.04. The zero-order valence-electron chi connectivity index (χ0n) is 19.9. The van der Waals surface area contributed by atoms with Crippen molar-refractivity contribution in [3.05, 3.63) is 83.0 Å². The molecule has 0 aliphatic carbocycles. The zero-order valence-corrected chi connectivity index (χ0v) is 19.9. The first-order chi connectivity index (χ1) is 16.4. The van der Waals surface area contributed by atoms with Crippen molar-refractivity contribution in [2.45, 2.75) is 27.7 Å². The van der Waals surface area contributed by atoms with Crippen LogP contribution >= 0.6 is 0 Å². The highest BCUT2D eigenvalue weighted by molar-refractivity contribution is 5.86. The van der Waals surface area contributed by atoms with E-state index in [1.165, 1.54) is 10.9 Å². The Morgan fingerprint density at radius 2 is 1.62 bits per heavy atom. The Bertz CT molecular complexity index is 1490. The second-order valence-electron chi connectivity index (χ2n) is 8.52. The van der Waals surface area contributed by atoms with Gasteiger partial charge in [-0.15, -0.1) is 10.2 Å². The third-order valence-corrected chi connectivity index (χ3v) is 5.80. The van der Waals surface area contributed by atoms with Crippen molar-refractivity contribution in [1.82, 2.24) is 25.0 Å². The molecule has 2 aromatic carbocycles. The molecular formula is C27H26N6O. The zero-order chi connectivity index (χ0) is 23.8. The lowest BCUT2D eigenvalue weighted by Crippen LogP contribution is -2.07. The van der Waals surface area contributed by atoms with Gasteiger partial charge in [0, 0.05) is 17.0 Å². The molecule has 0 saturated carbocycles. The Morgan fingerprint density at radius 1 is 0.824 bits per heavy atom. The van der Waals surface area contributed by atoms with Gasteiger partial charge < -0.3 is 10.1 Å². The predicted molar refractivity (Wildman–Crippen MR) is 135 cm³/mol. The Labute approximate surface area is 198 Å². The van der Waals surface area contributed by atoms with Crippen LogP contribution in [0.4, 0.5) is 11.6 Å². The first-order valence-corrected chi connectivity index (χ1v) is 11.1. The minimum absolute atomic E-state index is 0.628. The number of hydrogen-bond acceptors (Lipinski definition) is 6. The summed E-state index contributed by atoms with van der Waals surface area (Å²) in [7, 11) is 1.65. The van der Waals surface area contributed by atoms with E-state index in [1.807, 2.05) is 54.1 Å². The molecule has 0 bridgehead atoms. The molecule has 0 fully saturated rings. The topological polar surface area (TPSA) is 77.8 Å². The van der Waals surface area contributed by atoms with Crippen LogP contribution in [0.1, 0.15) is 22.4 Å². The summed E-state index contributed by atoms with van der Waals surface area (Å²) >= 11 is 0. The molecule has 0 aliphatic heterocycles. The maximum absolute atomic E-state index is 5.22. The van der Waals surface area contributed by atoms with E-state index in [4.69, 9.17) is 9.72 Å². The number of rotatable bonds is 5. The number of hydrogen-bond donors (Lipinski definition) is 1. The first-order valence-electron chi connectivity index (χ1n) is 11.1. The molecule has 3 aromatic heterocycles. The van der Waals surface area contributed by atoms with Gasteiger partial charge in [-0.1, -0.05) is 11.6 Å². The largest absolute Gasteiger partial charge is 0.497 e. The molecule has 170 valence electrons. The number of aromatic nitrogens is 5. The summed E-state index contributed by atoms with van der Waals surface area (Å²) in [5, 5.41) is 18.0. The Morgan fingerprint density at radius 3 is 2.32 bits per heavy atom. The molecule has 0 spiro atoms. The van der Waals surface area contributed by atoms with E-state index in [0.717, 1.165) is 51.0 Å². The van der Waals surface area contributed by atoms with Gasteiger partial charge in [-0.05, 0) is 87.4 Å². The molecule has 5 aromatic rings. The van der Waals surface area contributed by atoms with Crippen molar-refractivity contribution < 1.29 is 4.74 Å². The lowest BCUT2D eigenvalue weighted by atomic mass is 10.0. The number of nitrogens with zero attached hydrogens (tertiary/aromatic N) is 5. The monoisotopic (exact) mass is 450 g/mol. The SMILES string of the molecule is COc1ccc(-c2ccc(Nc3cc(C)nn3-c3cc(C)c4cc(C)cc(C)c4n3)nn2)cc1. The molecule has 3 heterocycles. The molecule has 0 aliphatic rings. The van der Waals surface area contributed by atoms with Gasteiger partial charge in [0.05, 0.1) is 24.0 Å². The highest BCUT2D eigenvalue weighted by Gasteiger charge is 2.13. The fourth-order valence-electron chi connectivity index (χ4n) is 4.14. The molecule has 0 amide bonds. The van der Waals surface area contributed by atoms with Crippen molar-refractivity contribution in [2.24, 2.45) is 0 Å². The van der Waals surface area contributed by atoms with Crippen LogP contribution in [0.2, 0.25) is 0 Å². The molecule has 34 heavy (non-hydrogen) atoms. The quantitative estimate of drug-likeness (QED) is 0.361. The van der Waals surface area contributed by atoms with E-state index in [1.54, 1.807) is 7.11 Å². The van der Waals surface area contributed by atoms with Crippen molar-refractivity contribution in [3.8, 4) is 22.8 Å². The molecule has 1 N–H and O–H groups in total. The van der Waals surface area contributed by atoms with Crippen molar-refractivity contribution in [3.63, 3.8) is 0 Å². The van der Waals surface area contributed by atoms with E-state index in [-0.39, 0.29) is 0 Å². The summed E-state index contributed by atoms with van der Waals surface area (Å²) in [5.41, 5.74) is 7.18. The average molecular weight is 451 g/mol. The van der Waals surface area contributed by atoms with Crippen molar-refractivity contribution in [2.75, 3.05) is 12.4 Å². The van der Waals surface area contributed by atoms with E-state index >= 15 is 0 Å². The second-order valence-corrected chi connectivity index (χ2v) is 8.52. The van der Waals surface area contributed by atoms with Gasteiger partial charge in [-0.3, -0.25) is 0 Å². The van der Waals surface area contributed by atoms with Gasteiger partial charge in [0.15, 0.2) is 11.6 Å². The Hall–Kier alpha value is -4.26. The fourth-order valence-corrected chi connectivity index (χ4v) is 4.14. The third kappa shape index (κ3) is 4.08. The van der Waals surface area contributed by atoms with Crippen LogP contribution in [0, 0.1) is 27.7 Å². The molecule has 7 heteroatoms. The molecule has 0 saturated heterocycles. The van der Waals surface area contributed by atoms with Gasteiger partial charge >= 0.3 is 0 Å². The number of methoxy groups -OCH3 is 1. The summed E-state index contributed by atoms with van der Waals surface area (Å²) in [5.74, 6) is 2.97. The lowest BCUT2D eigenvalue weighted by molar-refractivity contribution is 0.415. The van der Waals surface area contributed by atoms with Crippen molar-refractivity contribution in [1.29, 1.82) is 0 Å². The summed E-state index contributed by atoms with van der Waals surface area (Å²) in [6.45, 7) is 8.28. The van der Waals surface area contributed by atoms with E-state index < -0.39 is 0 Å². The number of anilines is 2. The molecule has 0 radical (unpaired) electrons. The summed E-state index contributed by atoms with van der Waals surface area (Å²) in [4.78, 5) is 4.94. The summed E-state index contributed by atoms with van der Waals surface area (Å²) in [6, 6.07) is 20.0. The number of benzene rings is 2. The maximum Gasteiger partial charge on any atom is 0.156 e. The normalized spacial score (nSPS) is 11.1. The lowest BCUT2D eigenvalue weighted by Gasteiger charge is -2.12. The van der Waals surface area contributed by atoms with Crippen LogP contribution < -0.4 is 10.1 Å². The number of aryl methyl sites for hydroxylation is 4. The van der Waals surface area contributed by atoms with Crippen LogP contribution in [0.25, 0.3) is 28.0 Å². The number of fused-ring (bicyclic) bond motifs is 1. The van der Waals surface area contributed by atoms with Crippen LogP contribution in [0.5, 0.6) is 5.75 Å². The summed E-state index contributed by atoms with van der Waals surface area (Å²) in [6.07, 6.45) is 0. The van der Waals surface area contributed by atoms with E-state index in [2.05, 4.69) is 59.6 Å². The number of pyridine rings is 1. The van der Waals surface area contributed by atoms with Crippen LogP contribution in [-0.2, 0) is 0 Å². The van der Waals surface area contributed by atoms with Gasteiger partial charge in [-0.2, -0.15) is 9.78 Å². The number of nitrogens with one attached hydrogen (secondary N) is 1. The van der Waals surface area contributed by atoms with Gasteiger partial charge in [0.2, 0.25) is 0 Å². The van der Waals surface area contributed by atoms with Gasteiger partial charge in [-0.25, -0.2) is 4.98 Å². The Kier molecular flexibility index (Phi) is 5.45. The minimum Gasteiger partial charge on any atom is -0.497 e. The molecule has 0 unspecified atom stereocenters. The second kappa shape index (κ2) is 8.59. The minimum atomic E-state index is 0.628. The highest BCUT2D eigenvalue weighted by Crippen LogP contribution is 2.27. The smallest absolute Gasteiger partial charge is 0.156 e. The predicted octanol–water partition coefficient (Wildman–Crippen LogP) is 5.86. The standard InChI is InChI=1S/C27H26N6O/c1-16-12-18(3)27-22(13-16)17(2)14-25(29-27)33-26(15-19(4)32-33)28-24-11-10-23(30-31-24)20-6-8-21(34-5)9-7-20/h6-15H,1-5H3,(H,28,31). The van der Waals surface area contributed by atoms with E-state index in [0.29, 0.717) is 5.82 Å². The van der Waals surface area contributed by atoms with Gasteiger partial charge in [0.25, 0.3) is 0 Å². The van der Waals surface area contributed by atoms with E-state index in [9.17, 15) is 0 Å².